The van der Waals surface area contributed by atoms with E-state index in [1.807, 2.05) is 0 Å². The first-order valence-electron chi connectivity index (χ1n) is 5.67. The van der Waals surface area contributed by atoms with Crippen molar-refractivity contribution in [1.82, 2.24) is 15.1 Å². The number of hydrogen-bond donors (Lipinski definition) is 1. The SMILES string of the molecule is CCCNc1nnc(CN2CCCC2)s1. The van der Waals surface area contributed by atoms with Crippen molar-refractivity contribution in [3.8, 4) is 0 Å². The highest BCUT2D eigenvalue weighted by molar-refractivity contribution is 7.15. The molecule has 0 radical (unpaired) electrons. The average molecular weight is 226 g/mol. The van der Waals surface area contributed by atoms with Gasteiger partial charge in [0.05, 0.1) is 6.54 Å². The van der Waals surface area contributed by atoms with Gasteiger partial charge in [-0.05, 0) is 32.4 Å². The molecule has 1 aliphatic rings. The van der Waals surface area contributed by atoms with E-state index in [2.05, 4.69) is 27.3 Å². The number of rotatable bonds is 5. The lowest BCUT2D eigenvalue weighted by Gasteiger charge is -2.10. The Morgan fingerprint density at radius 1 is 1.33 bits per heavy atom. The lowest BCUT2D eigenvalue weighted by molar-refractivity contribution is 0.330. The maximum Gasteiger partial charge on any atom is 0.205 e. The van der Waals surface area contributed by atoms with E-state index in [4.69, 9.17) is 0 Å². The molecule has 0 unspecified atom stereocenters. The molecule has 1 aromatic rings. The van der Waals surface area contributed by atoms with Gasteiger partial charge in [0, 0.05) is 6.54 Å². The Hall–Kier alpha value is -0.680. The third-order valence-corrected chi connectivity index (χ3v) is 3.42. The molecule has 5 heteroatoms. The Morgan fingerprint density at radius 3 is 2.87 bits per heavy atom. The van der Waals surface area contributed by atoms with E-state index < -0.39 is 0 Å². The van der Waals surface area contributed by atoms with Gasteiger partial charge in [-0.3, -0.25) is 4.90 Å². The second kappa shape index (κ2) is 5.42. The van der Waals surface area contributed by atoms with Gasteiger partial charge >= 0.3 is 0 Å². The van der Waals surface area contributed by atoms with Gasteiger partial charge in [-0.2, -0.15) is 0 Å². The highest BCUT2D eigenvalue weighted by Crippen LogP contribution is 2.18. The van der Waals surface area contributed by atoms with Crippen LogP contribution in [0.25, 0.3) is 0 Å². The van der Waals surface area contributed by atoms with E-state index >= 15 is 0 Å². The number of nitrogens with one attached hydrogen (secondary N) is 1. The van der Waals surface area contributed by atoms with Gasteiger partial charge in [-0.25, -0.2) is 0 Å². The zero-order valence-corrected chi connectivity index (χ0v) is 10.0. The second-order valence-corrected chi connectivity index (χ2v) is 4.97. The number of likely N-dealkylation sites (tertiary alicyclic amines) is 1. The summed E-state index contributed by atoms with van der Waals surface area (Å²) in [6, 6.07) is 0. The lowest BCUT2D eigenvalue weighted by Crippen LogP contribution is -2.18. The Bertz CT molecular complexity index is 293. The lowest BCUT2D eigenvalue weighted by atomic mass is 10.4. The fourth-order valence-corrected chi connectivity index (χ4v) is 2.56. The smallest absolute Gasteiger partial charge is 0.205 e. The van der Waals surface area contributed by atoms with Gasteiger partial charge in [-0.1, -0.05) is 18.3 Å². The summed E-state index contributed by atoms with van der Waals surface area (Å²) < 4.78 is 0. The normalized spacial score (nSPS) is 17.1. The Labute approximate surface area is 94.7 Å². The average Bonchev–Trinajstić information content (AvgIpc) is 2.87. The molecule has 1 N–H and O–H groups in total. The zero-order chi connectivity index (χ0) is 10.5. The van der Waals surface area contributed by atoms with Crippen LogP contribution in [0.2, 0.25) is 0 Å². The topological polar surface area (TPSA) is 41.1 Å². The van der Waals surface area contributed by atoms with E-state index in [-0.39, 0.29) is 0 Å². The van der Waals surface area contributed by atoms with Crippen molar-refractivity contribution in [3.63, 3.8) is 0 Å². The second-order valence-electron chi connectivity index (χ2n) is 3.91. The molecule has 0 atom stereocenters. The van der Waals surface area contributed by atoms with Crippen LogP contribution in [0.1, 0.15) is 31.2 Å². The maximum absolute atomic E-state index is 4.20. The third-order valence-electron chi connectivity index (χ3n) is 2.55. The Kier molecular flexibility index (Phi) is 3.91. The van der Waals surface area contributed by atoms with Crippen molar-refractivity contribution in [1.29, 1.82) is 0 Å². The first kappa shape index (κ1) is 10.8. The van der Waals surface area contributed by atoms with Gasteiger partial charge in [0.2, 0.25) is 5.13 Å². The fourth-order valence-electron chi connectivity index (χ4n) is 1.75. The predicted octanol–water partition coefficient (Wildman–Crippen LogP) is 1.96. The minimum absolute atomic E-state index is 0.964. The third kappa shape index (κ3) is 3.14. The number of aromatic nitrogens is 2. The zero-order valence-electron chi connectivity index (χ0n) is 9.20. The molecule has 0 saturated carbocycles. The van der Waals surface area contributed by atoms with Gasteiger partial charge < -0.3 is 5.32 Å². The first-order valence-corrected chi connectivity index (χ1v) is 6.48. The molecule has 0 aromatic carbocycles. The minimum atomic E-state index is 0.964. The number of anilines is 1. The molecular weight excluding hydrogens is 208 g/mol. The van der Waals surface area contributed by atoms with E-state index in [9.17, 15) is 0 Å². The van der Waals surface area contributed by atoms with E-state index in [0.29, 0.717) is 0 Å². The molecule has 1 aromatic heterocycles. The van der Waals surface area contributed by atoms with Crippen molar-refractivity contribution in [2.24, 2.45) is 0 Å². The van der Waals surface area contributed by atoms with E-state index in [0.717, 1.165) is 29.6 Å². The van der Waals surface area contributed by atoms with Crippen molar-refractivity contribution in [2.45, 2.75) is 32.7 Å². The molecule has 4 nitrogen and oxygen atoms in total. The minimum Gasteiger partial charge on any atom is -0.360 e. The molecule has 15 heavy (non-hydrogen) atoms. The van der Waals surface area contributed by atoms with Crippen LogP contribution in [0.4, 0.5) is 5.13 Å². The molecule has 1 saturated heterocycles. The van der Waals surface area contributed by atoms with Gasteiger partial charge in [0.25, 0.3) is 0 Å². The van der Waals surface area contributed by atoms with Crippen LogP contribution in [0.3, 0.4) is 0 Å². The molecule has 0 spiro atoms. The summed E-state index contributed by atoms with van der Waals surface area (Å²) in [5.74, 6) is 0. The summed E-state index contributed by atoms with van der Waals surface area (Å²) in [5, 5.41) is 13.7. The molecule has 1 fully saturated rings. The summed E-state index contributed by atoms with van der Waals surface area (Å²) in [5.41, 5.74) is 0. The van der Waals surface area contributed by atoms with E-state index in [1.54, 1.807) is 11.3 Å². The van der Waals surface area contributed by atoms with Crippen molar-refractivity contribution in [2.75, 3.05) is 25.0 Å². The van der Waals surface area contributed by atoms with Crippen LogP contribution in [0, 0.1) is 0 Å². The van der Waals surface area contributed by atoms with E-state index in [1.165, 1.54) is 25.9 Å². The quantitative estimate of drug-likeness (QED) is 0.833. The van der Waals surface area contributed by atoms with Crippen LogP contribution >= 0.6 is 11.3 Å². The molecule has 0 aliphatic carbocycles. The molecule has 84 valence electrons. The number of hydrogen-bond acceptors (Lipinski definition) is 5. The molecule has 2 heterocycles. The highest BCUT2D eigenvalue weighted by Gasteiger charge is 2.14. The largest absolute Gasteiger partial charge is 0.360 e. The molecule has 0 amide bonds. The Morgan fingerprint density at radius 2 is 2.13 bits per heavy atom. The van der Waals surface area contributed by atoms with Crippen molar-refractivity contribution >= 4 is 16.5 Å². The van der Waals surface area contributed by atoms with Crippen LogP contribution in [-0.4, -0.2) is 34.7 Å². The highest BCUT2D eigenvalue weighted by atomic mass is 32.1. The van der Waals surface area contributed by atoms with Crippen LogP contribution in [-0.2, 0) is 6.54 Å². The summed E-state index contributed by atoms with van der Waals surface area (Å²) in [6.07, 6.45) is 3.79. The molecule has 2 rings (SSSR count). The Balaban J connectivity index is 1.83. The van der Waals surface area contributed by atoms with Crippen LogP contribution in [0.15, 0.2) is 0 Å². The summed E-state index contributed by atoms with van der Waals surface area (Å²) in [6.45, 7) is 6.55. The molecule has 1 aliphatic heterocycles. The van der Waals surface area contributed by atoms with Crippen molar-refractivity contribution < 1.29 is 0 Å². The van der Waals surface area contributed by atoms with Crippen molar-refractivity contribution in [3.05, 3.63) is 5.01 Å². The predicted molar refractivity (Wildman–Crippen MR) is 63.2 cm³/mol. The molecular formula is C10H18N4S. The monoisotopic (exact) mass is 226 g/mol. The van der Waals surface area contributed by atoms with Gasteiger partial charge in [0.15, 0.2) is 0 Å². The van der Waals surface area contributed by atoms with Crippen LogP contribution in [0.5, 0.6) is 0 Å². The number of nitrogens with zero attached hydrogens (tertiary/aromatic N) is 3. The fraction of sp³-hybridized carbons (Fsp3) is 0.800. The van der Waals surface area contributed by atoms with Crippen LogP contribution < -0.4 is 5.32 Å². The summed E-state index contributed by atoms with van der Waals surface area (Å²) >= 11 is 1.68. The summed E-state index contributed by atoms with van der Waals surface area (Å²) in [4.78, 5) is 2.45. The van der Waals surface area contributed by atoms with Gasteiger partial charge in [-0.15, -0.1) is 10.2 Å². The summed E-state index contributed by atoms with van der Waals surface area (Å²) in [7, 11) is 0. The van der Waals surface area contributed by atoms with Gasteiger partial charge in [0.1, 0.15) is 5.01 Å². The maximum atomic E-state index is 4.20. The molecule has 0 bridgehead atoms. The first-order chi connectivity index (χ1) is 7.38. The standard InChI is InChI=1S/C10H18N4S/c1-2-5-11-10-13-12-9(15-10)8-14-6-3-4-7-14/h2-8H2,1H3,(H,11,13).